The van der Waals surface area contributed by atoms with Crippen LogP contribution in [0.25, 0.3) is 23.2 Å². The number of hydrogen-bond acceptors (Lipinski definition) is 4. The number of primary amides is 1. The molecule has 3 rings (SSSR count). The topological polar surface area (TPSA) is 86.7 Å². The molecule has 0 atom stereocenters. The molecule has 2 aromatic heterocycles. The van der Waals surface area contributed by atoms with Crippen molar-refractivity contribution in [3.05, 3.63) is 65.5 Å². The van der Waals surface area contributed by atoms with Crippen LogP contribution in [-0.4, -0.2) is 25.7 Å². The second-order valence-corrected chi connectivity index (χ2v) is 5.67. The molecule has 0 aliphatic carbocycles. The van der Waals surface area contributed by atoms with Crippen LogP contribution in [0.3, 0.4) is 0 Å². The molecule has 6 nitrogen and oxygen atoms in total. The summed E-state index contributed by atoms with van der Waals surface area (Å²) < 4.78 is 15.2. The van der Waals surface area contributed by atoms with Gasteiger partial charge in [-0.25, -0.2) is 14.6 Å². The first-order valence-corrected chi connectivity index (χ1v) is 7.56. The Balaban J connectivity index is 2.02. The second-order valence-electron chi connectivity index (χ2n) is 5.67. The Morgan fingerprint density at radius 2 is 1.92 bits per heavy atom. The molecule has 1 amide bonds. The van der Waals surface area contributed by atoms with E-state index in [4.69, 9.17) is 5.73 Å². The third-order valence-electron chi connectivity index (χ3n) is 3.56. The van der Waals surface area contributed by atoms with Crippen molar-refractivity contribution >= 4 is 17.7 Å². The van der Waals surface area contributed by atoms with Crippen molar-refractivity contribution in [2.75, 3.05) is 0 Å². The van der Waals surface area contributed by atoms with Crippen LogP contribution in [0.2, 0.25) is 0 Å². The van der Waals surface area contributed by atoms with Gasteiger partial charge >= 0.3 is 0 Å². The number of nitrogens with two attached hydrogens (primary N) is 1. The molecule has 0 bridgehead atoms. The Morgan fingerprint density at radius 3 is 2.56 bits per heavy atom. The molecule has 0 saturated carbocycles. The first kappa shape index (κ1) is 16.5. The van der Waals surface area contributed by atoms with Gasteiger partial charge in [0.15, 0.2) is 5.82 Å². The van der Waals surface area contributed by atoms with E-state index in [0.717, 1.165) is 16.7 Å². The Morgan fingerprint density at radius 1 is 1.20 bits per heavy atom. The van der Waals surface area contributed by atoms with Crippen molar-refractivity contribution in [2.24, 2.45) is 5.73 Å². The van der Waals surface area contributed by atoms with E-state index in [0.29, 0.717) is 5.82 Å². The van der Waals surface area contributed by atoms with Gasteiger partial charge in [-0.05, 0) is 38.1 Å². The number of aryl methyl sites for hydroxylation is 2. The highest BCUT2D eigenvalue weighted by Gasteiger charge is 2.15. The van der Waals surface area contributed by atoms with Gasteiger partial charge in [0.25, 0.3) is 5.91 Å². The van der Waals surface area contributed by atoms with Crippen LogP contribution < -0.4 is 5.73 Å². The summed E-state index contributed by atoms with van der Waals surface area (Å²) in [6.07, 6.45) is 4.07. The van der Waals surface area contributed by atoms with Crippen LogP contribution in [0.1, 0.15) is 16.7 Å². The summed E-state index contributed by atoms with van der Waals surface area (Å²) in [4.78, 5) is 19.5. The quantitative estimate of drug-likeness (QED) is 0.585. The van der Waals surface area contributed by atoms with Crippen LogP contribution in [-0.2, 0) is 4.79 Å². The standard InChI is InChI=1S/C18H16FN5O/c1-11-6-12(2)8-13(7-11)18-22-10-24(23-18)9-15(17(20)25)14-4-3-5-21-16(14)19/h3-10H,1-2H3,(H2,20,25)/b15-9+. The zero-order valence-electron chi connectivity index (χ0n) is 13.8. The minimum atomic E-state index is -0.782. The van der Waals surface area contributed by atoms with Gasteiger partial charge in [0.1, 0.15) is 6.33 Å². The highest BCUT2D eigenvalue weighted by Crippen LogP contribution is 2.20. The minimum Gasteiger partial charge on any atom is -0.366 e. The van der Waals surface area contributed by atoms with E-state index in [1.165, 1.54) is 35.5 Å². The molecule has 0 saturated heterocycles. The van der Waals surface area contributed by atoms with Crippen LogP contribution in [0, 0.1) is 19.8 Å². The SMILES string of the molecule is Cc1cc(C)cc(-c2ncn(/C=C(/C(N)=O)c3cccnc3F)n2)c1. The number of amides is 1. The molecule has 25 heavy (non-hydrogen) atoms. The number of aromatic nitrogens is 4. The lowest BCUT2D eigenvalue weighted by Gasteiger charge is -2.04. The van der Waals surface area contributed by atoms with Gasteiger partial charge < -0.3 is 5.73 Å². The maximum Gasteiger partial charge on any atom is 0.251 e. The predicted molar refractivity (Wildman–Crippen MR) is 92.5 cm³/mol. The summed E-state index contributed by atoms with van der Waals surface area (Å²) in [6, 6.07) is 8.94. The monoisotopic (exact) mass is 337 g/mol. The number of halogens is 1. The highest BCUT2D eigenvalue weighted by molar-refractivity contribution is 6.22. The molecule has 126 valence electrons. The van der Waals surface area contributed by atoms with Gasteiger partial charge in [-0.15, -0.1) is 5.10 Å². The van der Waals surface area contributed by atoms with Crippen molar-refractivity contribution in [1.29, 1.82) is 0 Å². The fraction of sp³-hybridized carbons (Fsp3) is 0.111. The summed E-state index contributed by atoms with van der Waals surface area (Å²) in [5.41, 5.74) is 8.40. The van der Waals surface area contributed by atoms with Crippen molar-refractivity contribution < 1.29 is 9.18 Å². The fourth-order valence-corrected chi connectivity index (χ4v) is 2.56. The Bertz CT molecular complexity index is 957. The minimum absolute atomic E-state index is 0.0125. The lowest BCUT2D eigenvalue weighted by molar-refractivity contribution is -0.112. The number of nitrogens with zero attached hydrogens (tertiary/aromatic N) is 4. The molecule has 0 unspecified atom stereocenters. The van der Waals surface area contributed by atoms with E-state index in [1.807, 2.05) is 26.0 Å². The van der Waals surface area contributed by atoms with E-state index < -0.39 is 11.9 Å². The molecular formula is C18H16FN5O. The average Bonchev–Trinajstić information content (AvgIpc) is 3.01. The first-order chi connectivity index (χ1) is 11.9. The number of rotatable bonds is 4. The van der Waals surface area contributed by atoms with Gasteiger partial charge in [-0.2, -0.15) is 4.39 Å². The number of benzene rings is 1. The molecule has 0 aliphatic heterocycles. The Hall–Kier alpha value is -3.35. The zero-order chi connectivity index (χ0) is 18.0. The smallest absolute Gasteiger partial charge is 0.251 e. The van der Waals surface area contributed by atoms with E-state index in [-0.39, 0.29) is 11.1 Å². The largest absolute Gasteiger partial charge is 0.366 e. The van der Waals surface area contributed by atoms with Crippen molar-refractivity contribution in [1.82, 2.24) is 19.7 Å². The van der Waals surface area contributed by atoms with E-state index >= 15 is 0 Å². The van der Waals surface area contributed by atoms with Gasteiger partial charge in [0.2, 0.25) is 5.95 Å². The molecule has 2 N–H and O–H groups in total. The third-order valence-corrected chi connectivity index (χ3v) is 3.56. The molecule has 2 heterocycles. The molecule has 0 radical (unpaired) electrons. The van der Waals surface area contributed by atoms with Crippen molar-refractivity contribution in [3.63, 3.8) is 0 Å². The summed E-state index contributed by atoms with van der Waals surface area (Å²) in [6.45, 7) is 3.98. The van der Waals surface area contributed by atoms with Crippen molar-refractivity contribution in [3.8, 4) is 11.4 Å². The Labute approximate surface area is 143 Å². The predicted octanol–water partition coefficient (Wildman–Crippen LogP) is 2.58. The molecular weight excluding hydrogens is 321 g/mol. The normalized spacial score (nSPS) is 11.6. The molecule has 7 heteroatoms. The highest BCUT2D eigenvalue weighted by atomic mass is 19.1. The van der Waals surface area contributed by atoms with Gasteiger partial charge in [0.05, 0.1) is 5.57 Å². The van der Waals surface area contributed by atoms with Crippen LogP contribution in [0.4, 0.5) is 4.39 Å². The first-order valence-electron chi connectivity index (χ1n) is 7.56. The number of carbonyl (C=O) groups is 1. The third kappa shape index (κ3) is 3.60. The maximum absolute atomic E-state index is 13.9. The molecule has 3 aromatic rings. The number of carbonyl (C=O) groups excluding carboxylic acids is 1. The number of hydrogen-bond donors (Lipinski definition) is 1. The van der Waals surface area contributed by atoms with E-state index in [9.17, 15) is 9.18 Å². The summed E-state index contributed by atoms with van der Waals surface area (Å²) in [5, 5.41) is 4.32. The van der Waals surface area contributed by atoms with Crippen LogP contribution in [0.15, 0.2) is 42.9 Å². The molecule has 0 spiro atoms. The fourth-order valence-electron chi connectivity index (χ4n) is 2.56. The summed E-state index contributed by atoms with van der Waals surface area (Å²) in [7, 11) is 0. The second kappa shape index (κ2) is 6.64. The van der Waals surface area contributed by atoms with Gasteiger partial charge in [-0.3, -0.25) is 4.79 Å². The van der Waals surface area contributed by atoms with Crippen LogP contribution >= 0.6 is 0 Å². The maximum atomic E-state index is 13.9. The molecule has 0 aliphatic rings. The van der Waals surface area contributed by atoms with E-state index in [1.54, 1.807) is 0 Å². The van der Waals surface area contributed by atoms with Crippen LogP contribution in [0.5, 0.6) is 0 Å². The van der Waals surface area contributed by atoms with E-state index in [2.05, 4.69) is 21.1 Å². The number of pyridine rings is 1. The van der Waals surface area contributed by atoms with Gasteiger partial charge in [-0.1, -0.05) is 17.2 Å². The van der Waals surface area contributed by atoms with Crippen molar-refractivity contribution in [2.45, 2.75) is 13.8 Å². The van der Waals surface area contributed by atoms with Gasteiger partial charge in [0, 0.05) is 23.5 Å². The lowest BCUT2D eigenvalue weighted by atomic mass is 10.1. The zero-order valence-corrected chi connectivity index (χ0v) is 13.8. The Kier molecular flexibility index (Phi) is 4.38. The lowest BCUT2D eigenvalue weighted by Crippen LogP contribution is -2.15. The summed E-state index contributed by atoms with van der Waals surface area (Å²) in [5.74, 6) is -1.06. The summed E-state index contributed by atoms with van der Waals surface area (Å²) >= 11 is 0. The molecule has 0 fully saturated rings. The molecule has 1 aromatic carbocycles. The average molecular weight is 337 g/mol.